The van der Waals surface area contributed by atoms with E-state index in [4.69, 9.17) is 11.0 Å². The van der Waals surface area contributed by atoms with Gasteiger partial charge in [-0.2, -0.15) is 9.65 Å². The number of hydrogen-bond donors (Lipinski definition) is 1. The average molecular weight is 187 g/mol. The van der Waals surface area contributed by atoms with Crippen molar-refractivity contribution in [3.8, 4) is 6.07 Å². The van der Waals surface area contributed by atoms with Gasteiger partial charge < -0.3 is 5.73 Å². The zero-order valence-corrected chi connectivity index (χ0v) is 6.26. The zero-order chi connectivity index (χ0) is 10.0. The third-order valence-electron chi connectivity index (χ3n) is 1.38. The van der Waals surface area contributed by atoms with Gasteiger partial charge in [0.15, 0.2) is 5.69 Å². The molecule has 1 rings (SSSR count). The van der Waals surface area contributed by atoms with Crippen molar-refractivity contribution in [2.45, 2.75) is 6.43 Å². The lowest BCUT2D eigenvalue weighted by Gasteiger charge is -2.04. The highest BCUT2D eigenvalue weighted by atomic mass is 19.3. The number of alkyl halides is 2. The lowest BCUT2D eigenvalue weighted by molar-refractivity contribution is 0.151. The summed E-state index contributed by atoms with van der Waals surface area (Å²) in [5, 5.41) is 8.35. The van der Waals surface area contributed by atoms with Gasteiger partial charge in [-0.15, -0.1) is 0 Å². The number of anilines is 1. The Balaban J connectivity index is 3.41. The molecule has 68 valence electrons. The van der Waals surface area contributed by atoms with Crippen LogP contribution in [0.5, 0.6) is 0 Å². The van der Waals surface area contributed by atoms with E-state index in [1.807, 2.05) is 0 Å². The molecule has 0 saturated heterocycles. The first kappa shape index (κ1) is 9.32. The number of nitrogens with two attached hydrogens (primary N) is 1. The predicted molar refractivity (Wildman–Crippen MR) is 38.3 cm³/mol. The van der Waals surface area contributed by atoms with E-state index < -0.39 is 29.3 Å². The number of aromatic nitrogens is 1. The molecule has 1 aromatic heterocycles. The van der Waals surface area contributed by atoms with E-state index in [9.17, 15) is 13.2 Å². The normalized spacial score (nSPS) is 10.1. The Kier molecular flexibility index (Phi) is 2.37. The summed E-state index contributed by atoms with van der Waals surface area (Å²) in [5.41, 5.74) is 3.24. The molecule has 0 aliphatic heterocycles. The number of nitrogen functional groups attached to an aromatic ring is 1. The molecule has 1 aromatic rings. The van der Waals surface area contributed by atoms with Crippen molar-refractivity contribution < 1.29 is 13.2 Å². The minimum absolute atomic E-state index is 0.459. The average Bonchev–Trinajstić information content (AvgIpc) is 2.01. The maximum absolute atomic E-state index is 12.5. The third-order valence-corrected chi connectivity index (χ3v) is 1.38. The SMILES string of the molecule is N#Cc1nc(F)cc(N)c1C(F)F. The van der Waals surface area contributed by atoms with Crippen molar-refractivity contribution in [3.05, 3.63) is 23.3 Å². The smallest absolute Gasteiger partial charge is 0.268 e. The highest BCUT2D eigenvalue weighted by molar-refractivity contribution is 5.52. The van der Waals surface area contributed by atoms with E-state index in [0.717, 1.165) is 0 Å². The summed E-state index contributed by atoms with van der Waals surface area (Å²) in [5.74, 6) is -1.04. The van der Waals surface area contributed by atoms with Gasteiger partial charge in [0, 0.05) is 11.8 Å². The van der Waals surface area contributed by atoms with Crippen LogP contribution >= 0.6 is 0 Å². The topological polar surface area (TPSA) is 62.7 Å². The molecule has 1 heterocycles. The Morgan fingerprint density at radius 2 is 2.15 bits per heavy atom. The number of nitriles is 1. The van der Waals surface area contributed by atoms with Crippen LogP contribution < -0.4 is 5.73 Å². The second kappa shape index (κ2) is 3.31. The van der Waals surface area contributed by atoms with Crippen LogP contribution in [0.4, 0.5) is 18.9 Å². The van der Waals surface area contributed by atoms with E-state index in [1.165, 1.54) is 6.07 Å². The van der Waals surface area contributed by atoms with Crippen molar-refractivity contribution >= 4 is 5.69 Å². The second-order valence-electron chi connectivity index (χ2n) is 2.21. The van der Waals surface area contributed by atoms with Crippen molar-refractivity contribution in [1.82, 2.24) is 4.98 Å². The van der Waals surface area contributed by atoms with Crippen LogP contribution in [0.3, 0.4) is 0 Å². The first-order valence-corrected chi connectivity index (χ1v) is 3.20. The fourth-order valence-electron chi connectivity index (χ4n) is 0.857. The second-order valence-corrected chi connectivity index (χ2v) is 2.21. The number of hydrogen-bond acceptors (Lipinski definition) is 3. The maximum Gasteiger partial charge on any atom is 0.268 e. The largest absolute Gasteiger partial charge is 0.398 e. The van der Waals surface area contributed by atoms with E-state index >= 15 is 0 Å². The lowest BCUT2D eigenvalue weighted by Crippen LogP contribution is -2.03. The molecule has 0 atom stereocenters. The molecule has 0 radical (unpaired) electrons. The van der Waals surface area contributed by atoms with Crippen LogP contribution in [0.1, 0.15) is 17.7 Å². The summed E-state index contributed by atoms with van der Waals surface area (Å²) in [6, 6.07) is 2.00. The Labute approximate surface area is 71.6 Å². The Hall–Kier alpha value is -1.77. The van der Waals surface area contributed by atoms with E-state index in [0.29, 0.717) is 6.07 Å². The van der Waals surface area contributed by atoms with Gasteiger partial charge >= 0.3 is 0 Å². The Morgan fingerprint density at radius 3 is 2.62 bits per heavy atom. The zero-order valence-electron chi connectivity index (χ0n) is 6.26. The van der Waals surface area contributed by atoms with E-state index in [-0.39, 0.29) is 0 Å². The molecule has 0 aromatic carbocycles. The molecular weight excluding hydrogens is 183 g/mol. The minimum atomic E-state index is -2.93. The maximum atomic E-state index is 12.5. The first-order valence-electron chi connectivity index (χ1n) is 3.20. The van der Waals surface area contributed by atoms with Crippen LogP contribution in [-0.2, 0) is 0 Å². The summed E-state index contributed by atoms with van der Waals surface area (Å²) >= 11 is 0. The van der Waals surface area contributed by atoms with Gasteiger partial charge in [-0.05, 0) is 0 Å². The summed E-state index contributed by atoms with van der Waals surface area (Å²) in [7, 11) is 0. The van der Waals surface area contributed by atoms with Crippen molar-refractivity contribution in [3.63, 3.8) is 0 Å². The van der Waals surface area contributed by atoms with Crippen LogP contribution in [0.25, 0.3) is 0 Å². The van der Waals surface area contributed by atoms with Gasteiger partial charge in [-0.1, -0.05) is 0 Å². The van der Waals surface area contributed by atoms with Gasteiger partial charge in [0.2, 0.25) is 5.95 Å². The number of nitrogens with zero attached hydrogens (tertiary/aromatic N) is 2. The molecule has 3 nitrogen and oxygen atoms in total. The van der Waals surface area contributed by atoms with E-state index in [2.05, 4.69) is 4.98 Å². The molecule has 6 heteroatoms. The number of rotatable bonds is 1. The summed E-state index contributed by atoms with van der Waals surface area (Å²) in [6.45, 7) is 0. The van der Waals surface area contributed by atoms with Gasteiger partial charge in [0.05, 0.1) is 5.56 Å². The summed E-state index contributed by atoms with van der Waals surface area (Å²) in [6.07, 6.45) is -2.93. The molecule has 13 heavy (non-hydrogen) atoms. The third kappa shape index (κ3) is 1.69. The number of halogens is 3. The molecule has 0 bridgehead atoms. The van der Waals surface area contributed by atoms with Crippen molar-refractivity contribution in [2.75, 3.05) is 5.73 Å². The molecule has 0 saturated carbocycles. The van der Waals surface area contributed by atoms with Crippen LogP contribution in [0.2, 0.25) is 0 Å². The quantitative estimate of drug-likeness (QED) is 0.679. The Morgan fingerprint density at radius 1 is 1.54 bits per heavy atom. The van der Waals surface area contributed by atoms with E-state index in [1.54, 1.807) is 0 Å². The molecular formula is C7H4F3N3. The minimum Gasteiger partial charge on any atom is -0.398 e. The highest BCUT2D eigenvalue weighted by Gasteiger charge is 2.19. The molecule has 0 spiro atoms. The monoisotopic (exact) mass is 187 g/mol. The van der Waals surface area contributed by atoms with Gasteiger partial charge in [-0.3, -0.25) is 0 Å². The fourth-order valence-corrected chi connectivity index (χ4v) is 0.857. The number of pyridine rings is 1. The van der Waals surface area contributed by atoms with Crippen LogP contribution in [0.15, 0.2) is 6.07 Å². The standard InChI is InChI=1S/C7H4F3N3/c8-5-1-3(12)6(7(9)10)4(2-11)13-5/h1,7H,(H2,12,13). The Bertz CT molecular complexity index is 370. The lowest BCUT2D eigenvalue weighted by atomic mass is 10.2. The molecule has 0 unspecified atom stereocenters. The van der Waals surface area contributed by atoms with Crippen molar-refractivity contribution in [1.29, 1.82) is 5.26 Å². The van der Waals surface area contributed by atoms with Gasteiger partial charge in [0.1, 0.15) is 6.07 Å². The fraction of sp³-hybridized carbons (Fsp3) is 0.143. The highest BCUT2D eigenvalue weighted by Crippen LogP contribution is 2.27. The van der Waals surface area contributed by atoms with Crippen LogP contribution in [0, 0.1) is 17.3 Å². The molecule has 0 fully saturated rings. The molecule has 2 N–H and O–H groups in total. The molecule has 0 amide bonds. The van der Waals surface area contributed by atoms with Gasteiger partial charge in [0.25, 0.3) is 6.43 Å². The predicted octanol–water partition coefficient (Wildman–Crippen LogP) is 1.61. The molecule has 0 aliphatic carbocycles. The summed E-state index contributed by atoms with van der Waals surface area (Å²) < 4.78 is 36.9. The van der Waals surface area contributed by atoms with Crippen LogP contribution in [-0.4, -0.2) is 4.98 Å². The summed E-state index contributed by atoms with van der Waals surface area (Å²) in [4.78, 5) is 2.99. The molecule has 0 aliphatic rings. The van der Waals surface area contributed by atoms with Gasteiger partial charge in [-0.25, -0.2) is 13.8 Å². The van der Waals surface area contributed by atoms with Crippen molar-refractivity contribution in [2.24, 2.45) is 0 Å². The first-order chi connectivity index (χ1) is 6.06.